The van der Waals surface area contributed by atoms with Gasteiger partial charge in [-0.05, 0) is 6.92 Å². The van der Waals surface area contributed by atoms with E-state index in [0.717, 1.165) is 5.69 Å². The molecule has 2 aromatic rings. The smallest absolute Gasteiger partial charge is 0.328 e. The highest BCUT2D eigenvalue weighted by Gasteiger charge is 2.27. The first kappa shape index (κ1) is 19.2. The summed E-state index contributed by atoms with van der Waals surface area (Å²) in [6.45, 7) is 1.81. The van der Waals surface area contributed by atoms with Crippen LogP contribution in [0.15, 0.2) is 36.5 Å². The van der Waals surface area contributed by atoms with Gasteiger partial charge in [0.2, 0.25) is 0 Å². The number of anilines is 1. The molecule has 0 aliphatic rings. The highest BCUT2D eigenvalue weighted by atomic mass is 16.5. The number of carbonyl (C=O) groups is 3. The lowest BCUT2D eigenvalue weighted by molar-refractivity contribution is -0.148. The van der Waals surface area contributed by atoms with E-state index in [2.05, 4.69) is 10.1 Å². The number of ether oxygens (including phenoxy) is 2. The summed E-state index contributed by atoms with van der Waals surface area (Å²) in [6.07, 6.45) is 1.49. The Hall–Kier alpha value is -3.09. The van der Waals surface area contributed by atoms with Crippen molar-refractivity contribution in [2.45, 2.75) is 19.4 Å². The van der Waals surface area contributed by atoms with E-state index in [4.69, 9.17) is 4.74 Å². The molecule has 1 aromatic heterocycles. The minimum Gasteiger partial charge on any atom is -0.469 e. The average Bonchev–Trinajstić information content (AvgIpc) is 2.94. The van der Waals surface area contributed by atoms with Crippen LogP contribution < -0.4 is 5.32 Å². The van der Waals surface area contributed by atoms with Gasteiger partial charge in [0.25, 0.3) is 0 Å². The van der Waals surface area contributed by atoms with Gasteiger partial charge in [-0.15, -0.1) is 0 Å². The second-order valence-electron chi connectivity index (χ2n) is 5.81. The molecule has 0 saturated heterocycles. The molecule has 0 radical (unpaired) electrons. The molecule has 0 unspecified atom stereocenters. The topological polar surface area (TPSA) is 86.6 Å². The fourth-order valence-corrected chi connectivity index (χ4v) is 2.63. The number of rotatable bonds is 7. The van der Waals surface area contributed by atoms with Gasteiger partial charge in [0.15, 0.2) is 5.78 Å². The first-order valence-corrected chi connectivity index (χ1v) is 8.05. The van der Waals surface area contributed by atoms with Crippen molar-refractivity contribution < 1.29 is 23.9 Å². The Morgan fingerprint density at radius 1 is 1.12 bits per heavy atom. The number of methoxy groups -OCH3 is 2. The van der Waals surface area contributed by atoms with Crippen molar-refractivity contribution in [3.05, 3.63) is 53.3 Å². The van der Waals surface area contributed by atoms with Gasteiger partial charge < -0.3 is 19.4 Å². The van der Waals surface area contributed by atoms with Crippen molar-refractivity contribution in [3.8, 4) is 0 Å². The summed E-state index contributed by atoms with van der Waals surface area (Å²) in [4.78, 5) is 36.6. The molecule has 1 N–H and O–H groups in total. The number of nitrogens with zero attached hydrogens (tertiary/aromatic N) is 1. The average molecular weight is 358 g/mol. The molecular weight excluding hydrogens is 336 g/mol. The molecule has 0 saturated carbocycles. The third-order valence-corrected chi connectivity index (χ3v) is 4.16. The van der Waals surface area contributed by atoms with Gasteiger partial charge in [-0.25, -0.2) is 4.79 Å². The van der Waals surface area contributed by atoms with Crippen LogP contribution in [-0.2, 0) is 26.1 Å². The van der Waals surface area contributed by atoms with E-state index in [1.165, 1.54) is 14.2 Å². The Morgan fingerprint density at radius 3 is 2.35 bits per heavy atom. The van der Waals surface area contributed by atoms with E-state index in [1.54, 1.807) is 42.1 Å². The van der Waals surface area contributed by atoms with Crippen LogP contribution in [0.2, 0.25) is 0 Å². The molecule has 0 aliphatic carbocycles. The highest BCUT2D eigenvalue weighted by Crippen LogP contribution is 2.26. The molecule has 2 rings (SSSR count). The van der Waals surface area contributed by atoms with E-state index >= 15 is 0 Å². The lowest BCUT2D eigenvalue weighted by Crippen LogP contribution is -2.33. The van der Waals surface area contributed by atoms with Crippen LogP contribution in [0.1, 0.15) is 28.0 Å². The summed E-state index contributed by atoms with van der Waals surface area (Å²) in [7, 11) is 4.28. The number of nitrogens with one attached hydrogen (secondary N) is 1. The van der Waals surface area contributed by atoms with E-state index in [-0.39, 0.29) is 12.2 Å². The third-order valence-electron chi connectivity index (χ3n) is 4.16. The van der Waals surface area contributed by atoms with Crippen molar-refractivity contribution in [2.75, 3.05) is 19.5 Å². The predicted molar refractivity (Wildman–Crippen MR) is 96.1 cm³/mol. The van der Waals surface area contributed by atoms with Crippen LogP contribution >= 0.6 is 0 Å². The molecule has 0 aliphatic heterocycles. The minimum atomic E-state index is -0.962. The summed E-state index contributed by atoms with van der Waals surface area (Å²) in [5.41, 5.74) is 2.17. The summed E-state index contributed by atoms with van der Waals surface area (Å²) in [5, 5.41) is 2.96. The van der Waals surface area contributed by atoms with Gasteiger partial charge in [0.1, 0.15) is 6.04 Å². The van der Waals surface area contributed by atoms with Gasteiger partial charge in [0.05, 0.1) is 31.9 Å². The molecule has 0 amide bonds. The van der Waals surface area contributed by atoms with Crippen molar-refractivity contribution >= 4 is 23.4 Å². The third kappa shape index (κ3) is 4.11. The van der Waals surface area contributed by atoms with Crippen molar-refractivity contribution in [1.82, 2.24) is 4.57 Å². The summed E-state index contributed by atoms with van der Waals surface area (Å²) in [5.74, 6) is -1.35. The number of benzene rings is 1. The summed E-state index contributed by atoms with van der Waals surface area (Å²) >= 11 is 0. The fourth-order valence-electron chi connectivity index (χ4n) is 2.63. The van der Waals surface area contributed by atoms with Gasteiger partial charge in [0, 0.05) is 24.5 Å². The molecule has 7 nitrogen and oxygen atoms in total. The zero-order chi connectivity index (χ0) is 19.3. The number of esters is 2. The lowest BCUT2D eigenvalue weighted by atomic mass is 10.0. The fraction of sp³-hybridized carbons (Fsp3) is 0.316. The monoisotopic (exact) mass is 358 g/mol. The Labute approximate surface area is 151 Å². The highest BCUT2D eigenvalue weighted by molar-refractivity contribution is 6.13. The molecule has 0 bridgehead atoms. The zero-order valence-corrected chi connectivity index (χ0v) is 15.2. The maximum atomic E-state index is 12.9. The number of ketones is 1. The minimum absolute atomic E-state index is 0.173. The van der Waals surface area contributed by atoms with Gasteiger partial charge in [-0.1, -0.05) is 30.3 Å². The summed E-state index contributed by atoms with van der Waals surface area (Å²) < 4.78 is 11.2. The van der Waals surface area contributed by atoms with Crippen LogP contribution in [0.5, 0.6) is 0 Å². The number of hydrogen-bond donors (Lipinski definition) is 1. The second kappa shape index (κ2) is 8.33. The largest absolute Gasteiger partial charge is 0.469 e. The maximum absolute atomic E-state index is 12.9. The van der Waals surface area contributed by atoms with Gasteiger partial charge >= 0.3 is 11.9 Å². The SMILES string of the molecule is COC(=O)C[C@H](Nc1cn(C)c(C)c1C(=O)c1ccccc1)C(=O)OC. The Bertz CT molecular complexity index is 811. The Morgan fingerprint density at radius 2 is 1.77 bits per heavy atom. The van der Waals surface area contributed by atoms with Gasteiger partial charge in [-0.3, -0.25) is 9.59 Å². The van der Waals surface area contributed by atoms with Gasteiger partial charge in [-0.2, -0.15) is 0 Å². The van der Waals surface area contributed by atoms with Crippen molar-refractivity contribution in [3.63, 3.8) is 0 Å². The Kier molecular flexibility index (Phi) is 6.16. The van der Waals surface area contributed by atoms with Crippen molar-refractivity contribution in [2.24, 2.45) is 7.05 Å². The van der Waals surface area contributed by atoms with E-state index in [0.29, 0.717) is 16.8 Å². The molecule has 1 atom stereocenters. The predicted octanol–water partition coefficient (Wildman–Crippen LogP) is 2.08. The van der Waals surface area contributed by atoms with Crippen LogP contribution in [0.4, 0.5) is 5.69 Å². The quantitative estimate of drug-likeness (QED) is 0.602. The molecular formula is C19H22N2O5. The molecule has 1 aromatic carbocycles. The second-order valence-corrected chi connectivity index (χ2v) is 5.81. The molecule has 1 heterocycles. The van der Waals surface area contributed by atoms with Crippen LogP contribution in [0, 0.1) is 6.92 Å². The molecule has 26 heavy (non-hydrogen) atoms. The number of hydrogen-bond acceptors (Lipinski definition) is 6. The summed E-state index contributed by atoms with van der Waals surface area (Å²) in [6, 6.07) is 7.89. The van der Waals surface area contributed by atoms with Crippen molar-refractivity contribution in [1.29, 1.82) is 0 Å². The number of aryl methyl sites for hydroxylation is 1. The normalized spacial score (nSPS) is 11.5. The maximum Gasteiger partial charge on any atom is 0.328 e. The van der Waals surface area contributed by atoms with E-state index in [9.17, 15) is 14.4 Å². The standard InChI is InChI=1S/C19H22N2O5/c1-12-17(18(23)13-8-6-5-7-9-13)15(11-21(12)2)20-14(19(24)26-4)10-16(22)25-3/h5-9,11,14,20H,10H2,1-4H3/t14-/m0/s1. The molecule has 7 heteroatoms. The first-order valence-electron chi connectivity index (χ1n) is 8.05. The van der Waals surface area contributed by atoms with E-state index in [1.807, 2.05) is 13.0 Å². The molecule has 138 valence electrons. The first-order chi connectivity index (χ1) is 12.4. The lowest BCUT2D eigenvalue weighted by Gasteiger charge is -2.17. The zero-order valence-electron chi connectivity index (χ0n) is 15.2. The molecule has 0 spiro atoms. The van der Waals surface area contributed by atoms with Crippen LogP contribution in [-0.4, -0.2) is 42.6 Å². The van der Waals surface area contributed by atoms with Crippen LogP contribution in [0.25, 0.3) is 0 Å². The van der Waals surface area contributed by atoms with E-state index < -0.39 is 18.0 Å². The number of aromatic nitrogens is 1. The Balaban J connectivity index is 2.39. The molecule has 0 fully saturated rings. The number of carbonyl (C=O) groups excluding carboxylic acids is 3. The van der Waals surface area contributed by atoms with Crippen LogP contribution in [0.3, 0.4) is 0 Å².